The van der Waals surface area contributed by atoms with Crippen LogP contribution >= 0.6 is 0 Å². The standard InChI is InChI=1S/C13H15F2NO4/c1-3-6-16-11(12(17)18)8-4-5-9(19-2)10(7-8)20-13(14)15/h3-5,7,11,13,16H,1,6H2,2H3,(H,17,18). The lowest BCUT2D eigenvalue weighted by molar-refractivity contribution is -0.139. The van der Waals surface area contributed by atoms with Crippen LogP contribution in [0.5, 0.6) is 11.5 Å². The zero-order valence-corrected chi connectivity index (χ0v) is 10.8. The fraction of sp³-hybridized carbons (Fsp3) is 0.308. The summed E-state index contributed by atoms with van der Waals surface area (Å²) >= 11 is 0. The second-order valence-corrected chi connectivity index (χ2v) is 3.76. The number of methoxy groups -OCH3 is 1. The van der Waals surface area contributed by atoms with Crippen molar-refractivity contribution in [2.24, 2.45) is 0 Å². The molecule has 1 rings (SSSR count). The van der Waals surface area contributed by atoms with E-state index in [-0.39, 0.29) is 23.6 Å². The number of carboxylic acid groups (broad SMARTS) is 1. The second-order valence-electron chi connectivity index (χ2n) is 3.76. The first kappa shape index (κ1) is 15.9. The van der Waals surface area contributed by atoms with E-state index in [1.807, 2.05) is 0 Å². The number of benzene rings is 1. The van der Waals surface area contributed by atoms with Crippen molar-refractivity contribution in [2.45, 2.75) is 12.7 Å². The SMILES string of the molecule is C=CCNC(C(=O)O)c1ccc(OC)c(OC(F)F)c1. The molecule has 1 aromatic rings. The van der Waals surface area contributed by atoms with E-state index in [4.69, 9.17) is 9.84 Å². The number of aliphatic carboxylic acids is 1. The average Bonchev–Trinajstić information content (AvgIpc) is 2.38. The molecule has 1 unspecified atom stereocenters. The molecule has 0 bridgehead atoms. The van der Waals surface area contributed by atoms with Gasteiger partial charge in [0.05, 0.1) is 7.11 Å². The Balaban J connectivity index is 3.09. The van der Waals surface area contributed by atoms with Crippen molar-refractivity contribution in [1.29, 1.82) is 0 Å². The van der Waals surface area contributed by atoms with Gasteiger partial charge in [-0.25, -0.2) is 0 Å². The first-order valence-electron chi connectivity index (χ1n) is 5.69. The predicted molar refractivity (Wildman–Crippen MR) is 68.2 cm³/mol. The van der Waals surface area contributed by atoms with Crippen LogP contribution in [0.4, 0.5) is 8.78 Å². The van der Waals surface area contributed by atoms with Crippen LogP contribution in [-0.4, -0.2) is 31.3 Å². The maximum atomic E-state index is 12.3. The number of rotatable bonds is 8. The van der Waals surface area contributed by atoms with Gasteiger partial charge in [0.2, 0.25) is 0 Å². The first-order valence-corrected chi connectivity index (χ1v) is 5.69. The number of halogens is 2. The third-order valence-corrected chi connectivity index (χ3v) is 2.45. The summed E-state index contributed by atoms with van der Waals surface area (Å²) in [5, 5.41) is 11.8. The van der Waals surface area contributed by atoms with Crippen LogP contribution in [-0.2, 0) is 4.79 Å². The maximum Gasteiger partial charge on any atom is 0.387 e. The molecule has 1 aromatic carbocycles. The van der Waals surface area contributed by atoms with Gasteiger partial charge in [0.25, 0.3) is 0 Å². The highest BCUT2D eigenvalue weighted by Crippen LogP contribution is 2.31. The minimum atomic E-state index is -3.02. The molecule has 0 aromatic heterocycles. The molecule has 0 aliphatic carbocycles. The number of nitrogens with one attached hydrogen (secondary N) is 1. The number of hydrogen-bond donors (Lipinski definition) is 2. The summed E-state index contributed by atoms with van der Waals surface area (Å²) < 4.78 is 33.8. The van der Waals surface area contributed by atoms with Crippen molar-refractivity contribution in [3.05, 3.63) is 36.4 Å². The Kier molecular flexibility index (Phi) is 5.92. The molecule has 0 aliphatic rings. The molecule has 0 saturated carbocycles. The lowest BCUT2D eigenvalue weighted by atomic mass is 10.1. The zero-order valence-electron chi connectivity index (χ0n) is 10.8. The molecule has 0 aliphatic heterocycles. The van der Waals surface area contributed by atoms with E-state index in [9.17, 15) is 13.6 Å². The van der Waals surface area contributed by atoms with Crippen molar-refractivity contribution in [3.8, 4) is 11.5 Å². The number of ether oxygens (including phenoxy) is 2. The minimum Gasteiger partial charge on any atom is -0.493 e. The Hall–Kier alpha value is -2.15. The van der Waals surface area contributed by atoms with Gasteiger partial charge < -0.3 is 14.6 Å². The fourth-order valence-corrected chi connectivity index (χ4v) is 1.61. The Bertz CT molecular complexity index is 479. The van der Waals surface area contributed by atoms with Gasteiger partial charge >= 0.3 is 12.6 Å². The summed E-state index contributed by atoms with van der Waals surface area (Å²) in [6.07, 6.45) is 1.50. The normalized spacial score (nSPS) is 12.0. The summed E-state index contributed by atoms with van der Waals surface area (Å²) in [4.78, 5) is 11.2. The number of hydrogen-bond acceptors (Lipinski definition) is 4. The Morgan fingerprint density at radius 3 is 2.70 bits per heavy atom. The summed E-state index contributed by atoms with van der Waals surface area (Å²) in [5.74, 6) is -1.26. The molecule has 0 spiro atoms. The molecule has 110 valence electrons. The van der Waals surface area contributed by atoms with E-state index in [0.717, 1.165) is 0 Å². The van der Waals surface area contributed by atoms with Gasteiger partial charge in [-0.2, -0.15) is 8.78 Å². The minimum absolute atomic E-state index is 0.0990. The molecule has 7 heteroatoms. The van der Waals surface area contributed by atoms with Crippen molar-refractivity contribution >= 4 is 5.97 Å². The second kappa shape index (κ2) is 7.44. The highest BCUT2D eigenvalue weighted by atomic mass is 19.3. The summed E-state index contributed by atoms with van der Waals surface area (Å²) in [7, 11) is 1.30. The van der Waals surface area contributed by atoms with E-state index in [0.29, 0.717) is 0 Å². The van der Waals surface area contributed by atoms with Crippen LogP contribution in [0.15, 0.2) is 30.9 Å². The van der Waals surface area contributed by atoms with Crippen LogP contribution < -0.4 is 14.8 Å². The van der Waals surface area contributed by atoms with Gasteiger partial charge in [0.1, 0.15) is 6.04 Å². The average molecular weight is 287 g/mol. The van der Waals surface area contributed by atoms with Crippen molar-refractivity contribution in [1.82, 2.24) is 5.32 Å². The lowest BCUT2D eigenvalue weighted by Crippen LogP contribution is -2.28. The van der Waals surface area contributed by atoms with Crippen LogP contribution in [0, 0.1) is 0 Å². The smallest absolute Gasteiger partial charge is 0.387 e. The number of carboxylic acids is 1. The molecule has 0 heterocycles. The van der Waals surface area contributed by atoms with Gasteiger partial charge in [-0.15, -0.1) is 6.58 Å². The Labute approximate surface area is 114 Å². The molecule has 2 N–H and O–H groups in total. The number of alkyl halides is 2. The first-order chi connectivity index (χ1) is 9.49. The van der Waals surface area contributed by atoms with Crippen molar-refractivity contribution < 1.29 is 28.2 Å². The maximum absolute atomic E-state index is 12.3. The summed E-state index contributed by atoms with van der Waals surface area (Å²) in [6, 6.07) is 2.99. The topological polar surface area (TPSA) is 67.8 Å². The molecule has 0 saturated heterocycles. The van der Waals surface area contributed by atoms with Gasteiger partial charge in [-0.3, -0.25) is 10.1 Å². The highest BCUT2D eigenvalue weighted by molar-refractivity contribution is 5.76. The van der Waals surface area contributed by atoms with E-state index in [1.54, 1.807) is 0 Å². The molecular weight excluding hydrogens is 272 g/mol. The molecule has 0 fully saturated rings. The monoisotopic (exact) mass is 287 g/mol. The third kappa shape index (κ3) is 4.20. The van der Waals surface area contributed by atoms with E-state index in [2.05, 4.69) is 16.6 Å². The largest absolute Gasteiger partial charge is 0.493 e. The summed E-state index contributed by atoms with van der Waals surface area (Å²) in [5.41, 5.74) is 0.274. The van der Waals surface area contributed by atoms with E-state index >= 15 is 0 Å². The number of carbonyl (C=O) groups is 1. The Morgan fingerprint density at radius 1 is 1.50 bits per heavy atom. The van der Waals surface area contributed by atoms with Gasteiger partial charge in [-0.05, 0) is 17.7 Å². The van der Waals surface area contributed by atoms with Crippen LogP contribution in [0.1, 0.15) is 11.6 Å². The highest BCUT2D eigenvalue weighted by Gasteiger charge is 2.21. The molecule has 1 atom stereocenters. The molecular formula is C13H15F2NO4. The van der Waals surface area contributed by atoms with Gasteiger partial charge in [0.15, 0.2) is 11.5 Å². The van der Waals surface area contributed by atoms with Gasteiger partial charge in [-0.1, -0.05) is 12.1 Å². The lowest BCUT2D eigenvalue weighted by Gasteiger charge is -2.16. The molecule has 0 amide bonds. The van der Waals surface area contributed by atoms with E-state index in [1.165, 1.54) is 31.4 Å². The fourth-order valence-electron chi connectivity index (χ4n) is 1.61. The molecule has 5 nitrogen and oxygen atoms in total. The quantitative estimate of drug-likeness (QED) is 0.717. The summed E-state index contributed by atoms with van der Waals surface area (Å²) in [6.45, 7) is 0.704. The van der Waals surface area contributed by atoms with Crippen molar-refractivity contribution in [3.63, 3.8) is 0 Å². The predicted octanol–water partition coefficient (Wildman–Crippen LogP) is 2.20. The van der Waals surface area contributed by atoms with E-state index < -0.39 is 18.6 Å². The molecule has 0 radical (unpaired) electrons. The van der Waals surface area contributed by atoms with Crippen LogP contribution in [0.3, 0.4) is 0 Å². The Morgan fingerprint density at radius 2 is 2.20 bits per heavy atom. The third-order valence-electron chi connectivity index (χ3n) is 2.45. The zero-order chi connectivity index (χ0) is 15.1. The molecule has 20 heavy (non-hydrogen) atoms. The van der Waals surface area contributed by atoms with Crippen LogP contribution in [0.25, 0.3) is 0 Å². The van der Waals surface area contributed by atoms with Gasteiger partial charge in [0, 0.05) is 6.54 Å². The van der Waals surface area contributed by atoms with Crippen LogP contribution in [0.2, 0.25) is 0 Å². The van der Waals surface area contributed by atoms with Crippen molar-refractivity contribution in [2.75, 3.05) is 13.7 Å².